The molecule has 0 radical (unpaired) electrons. The van der Waals surface area contributed by atoms with Crippen LogP contribution in [0.1, 0.15) is 24.5 Å². The number of nitrogens with zero attached hydrogens (tertiary/aromatic N) is 1. The van der Waals surface area contributed by atoms with Crippen molar-refractivity contribution in [1.29, 1.82) is 0 Å². The van der Waals surface area contributed by atoms with Crippen molar-refractivity contribution >= 4 is 11.6 Å². The molecule has 2 aromatic rings. The monoisotopic (exact) mass is 296 g/mol. The third-order valence-corrected chi connectivity index (χ3v) is 3.79. The molecule has 0 spiro atoms. The molecule has 0 saturated heterocycles. The maximum atomic E-state index is 12.1. The highest BCUT2D eigenvalue weighted by atomic mass is 16.2. The fourth-order valence-corrected chi connectivity index (χ4v) is 2.51. The molecule has 0 fully saturated rings. The van der Waals surface area contributed by atoms with Crippen LogP contribution in [0.2, 0.25) is 0 Å². The number of amides is 1. The highest BCUT2D eigenvalue weighted by Gasteiger charge is 2.11. The predicted octanol–water partition coefficient (Wildman–Crippen LogP) is 3.29. The van der Waals surface area contributed by atoms with E-state index in [-0.39, 0.29) is 5.91 Å². The number of nitrogens with two attached hydrogens (primary N) is 1. The second kappa shape index (κ2) is 8.23. The Morgan fingerprint density at radius 1 is 0.955 bits per heavy atom. The molecule has 0 unspecified atom stereocenters. The Kier molecular flexibility index (Phi) is 6.01. The topological polar surface area (TPSA) is 46.3 Å². The van der Waals surface area contributed by atoms with Gasteiger partial charge in [0.2, 0.25) is 5.91 Å². The van der Waals surface area contributed by atoms with Crippen LogP contribution in [0.25, 0.3) is 0 Å². The van der Waals surface area contributed by atoms with Crippen LogP contribution in [-0.4, -0.2) is 23.9 Å². The quantitative estimate of drug-likeness (QED) is 0.797. The molecule has 3 nitrogen and oxygen atoms in total. The van der Waals surface area contributed by atoms with Crippen LogP contribution in [-0.2, 0) is 17.6 Å². The van der Waals surface area contributed by atoms with Crippen molar-refractivity contribution in [3.63, 3.8) is 0 Å². The molecule has 0 aliphatic heterocycles. The summed E-state index contributed by atoms with van der Waals surface area (Å²) in [5, 5.41) is 0. The standard InChI is InChI=1S/C19H24N2O/c1-2-19(22)21(13-11-16-7-4-3-5-8-16)14-12-17-9-6-10-18(20)15-17/h3-10,15H,2,11-14,20H2,1H3. The van der Waals surface area contributed by atoms with E-state index in [1.807, 2.05) is 48.2 Å². The molecule has 1 amide bonds. The smallest absolute Gasteiger partial charge is 0.222 e. The van der Waals surface area contributed by atoms with Gasteiger partial charge in [-0.3, -0.25) is 4.79 Å². The van der Waals surface area contributed by atoms with Gasteiger partial charge in [0.05, 0.1) is 0 Å². The Bertz CT molecular complexity index is 595. The van der Waals surface area contributed by atoms with Crippen LogP contribution in [0, 0.1) is 0 Å². The summed E-state index contributed by atoms with van der Waals surface area (Å²) >= 11 is 0. The van der Waals surface area contributed by atoms with Gasteiger partial charge >= 0.3 is 0 Å². The van der Waals surface area contributed by atoms with E-state index in [4.69, 9.17) is 5.73 Å². The zero-order valence-corrected chi connectivity index (χ0v) is 13.2. The van der Waals surface area contributed by atoms with E-state index in [1.165, 1.54) is 11.1 Å². The molecule has 0 heterocycles. The highest BCUT2D eigenvalue weighted by Crippen LogP contribution is 2.09. The third kappa shape index (κ3) is 4.92. The fraction of sp³-hybridized carbons (Fsp3) is 0.316. The van der Waals surface area contributed by atoms with E-state index in [1.54, 1.807) is 0 Å². The molecule has 2 aromatic carbocycles. The number of benzene rings is 2. The first-order chi connectivity index (χ1) is 10.7. The van der Waals surface area contributed by atoms with Crippen LogP contribution in [0.5, 0.6) is 0 Å². The summed E-state index contributed by atoms with van der Waals surface area (Å²) < 4.78 is 0. The summed E-state index contributed by atoms with van der Waals surface area (Å²) in [6, 6.07) is 18.2. The molecular formula is C19H24N2O. The average Bonchev–Trinajstić information content (AvgIpc) is 2.55. The molecule has 116 valence electrons. The summed E-state index contributed by atoms with van der Waals surface area (Å²) in [7, 11) is 0. The van der Waals surface area contributed by atoms with Crippen LogP contribution in [0.4, 0.5) is 5.69 Å². The SMILES string of the molecule is CCC(=O)N(CCc1ccccc1)CCc1cccc(N)c1. The van der Waals surface area contributed by atoms with Crippen molar-refractivity contribution < 1.29 is 4.79 Å². The molecule has 0 aromatic heterocycles. The van der Waals surface area contributed by atoms with E-state index in [2.05, 4.69) is 18.2 Å². The van der Waals surface area contributed by atoms with Gasteiger partial charge < -0.3 is 10.6 Å². The van der Waals surface area contributed by atoms with E-state index in [0.717, 1.165) is 31.6 Å². The van der Waals surface area contributed by atoms with Gasteiger partial charge in [-0.1, -0.05) is 49.4 Å². The minimum absolute atomic E-state index is 0.208. The van der Waals surface area contributed by atoms with Gasteiger partial charge in [-0.25, -0.2) is 0 Å². The van der Waals surface area contributed by atoms with Crippen LogP contribution >= 0.6 is 0 Å². The Morgan fingerprint density at radius 3 is 2.23 bits per heavy atom. The Balaban J connectivity index is 1.93. The lowest BCUT2D eigenvalue weighted by Crippen LogP contribution is -2.34. The number of rotatable bonds is 7. The van der Waals surface area contributed by atoms with Gasteiger partial charge in [0.1, 0.15) is 0 Å². The molecule has 2 N–H and O–H groups in total. The van der Waals surface area contributed by atoms with E-state index >= 15 is 0 Å². The van der Waals surface area contributed by atoms with Crippen molar-refractivity contribution in [2.45, 2.75) is 26.2 Å². The summed E-state index contributed by atoms with van der Waals surface area (Å²) in [4.78, 5) is 14.1. The number of carbonyl (C=O) groups excluding carboxylic acids is 1. The van der Waals surface area contributed by atoms with Gasteiger partial charge in [0.15, 0.2) is 0 Å². The number of hydrogen-bond acceptors (Lipinski definition) is 2. The molecule has 0 aliphatic carbocycles. The largest absolute Gasteiger partial charge is 0.399 e. The summed E-state index contributed by atoms with van der Waals surface area (Å²) in [6.07, 6.45) is 2.28. The van der Waals surface area contributed by atoms with Crippen molar-refractivity contribution in [3.8, 4) is 0 Å². The maximum absolute atomic E-state index is 12.1. The summed E-state index contributed by atoms with van der Waals surface area (Å²) in [5.74, 6) is 0.208. The molecule has 2 rings (SSSR count). The maximum Gasteiger partial charge on any atom is 0.222 e. The van der Waals surface area contributed by atoms with E-state index < -0.39 is 0 Å². The van der Waals surface area contributed by atoms with Gasteiger partial charge in [-0.05, 0) is 36.1 Å². The molecule has 0 bridgehead atoms. The second-order valence-electron chi connectivity index (χ2n) is 5.46. The van der Waals surface area contributed by atoms with Gasteiger partial charge in [-0.2, -0.15) is 0 Å². The minimum atomic E-state index is 0.208. The van der Waals surface area contributed by atoms with Gasteiger partial charge in [0.25, 0.3) is 0 Å². The van der Waals surface area contributed by atoms with Gasteiger partial charge in [0, 0.05) is 25.2 Å². The highest BCUT2D eigenvalue weighted by molar-refractivity contribution is 5.75. The lowest BCUT2D eigenvalue weighted by molar-refractivity contribution is -0.130. The normalized spacial score (nSPS) is 10.4. The minimum Gasteiger partial charge on any atom is -0.399 e. The zero-order valence-electron chi connectivity index (χ0n) is 13.2. The van der Waals surface area contributed by atoms with Crippen LogP contribution in [0.3, 0.4) is 0 Å². The van der Waals surface area contributed by atoms with E-state index in [0.29, 0.717) is 6.42 Å². The lowest BCUT2D eigenvalue weighted by Gasteiger charge is -2.22. The lowest BCUT2D eigenvalue weighted by atomic mass is 10.1. The van der Waals surface area contributed by atoms with Crippen molar-refractivity contribution in [2.75, 3.05) is 18.8 Å². The number of nitrogen functional groups attached to an aromatic ring is 1. The fourth-order valence-electron chi connectivity index (χ4n) is 2.51. The van der Waals surface area contributed by atoms with Gasteiger partial charge in [-0.15, -0.1) is 0 Å². The first-order valence-corrected chi connectivity index (χ1v) is 7.85. The van der Waals surface area contributed by atoms with Crippen LogP contribution < -0.4 is 5.73 Å². The van der Waals surface area contributed by atoms with Crippen molar-refractivity contribution in [3.05, 3.63) is 65.7 Å². The third-order valence-electron chi connectivity index (χ3n) is 3.79. The predicted molar refractivity (Wildman–Crippen MR) is 91.6 cm³/mol. The summed E-state index contributed by atoms with van der Waals surface area (Å²) in [6.45, 7) is 3.42. The Hall–Kier alpha value is -2.29. The number of anilines is 1. The first-order valence-electron chi connectivity index (χ1n) is 7.85. The zero-order chi connectivity index (χ0) is 15.8. The second-order valence-corrected chi connectivity index (χ2v) is 5.46. The molecular weight excluding hydrogens is 272 g/mol. The number of carbonyl (C=O) groups is 1. The Labute approximate surface area is 132 Å². The Morgan fingerprint density at radius 2 is 1.59 bits per heavy atom. The van der Waals surface area contributed by atoms with Crippen molar-refractivity contribution in [1.82, 2.24) is 4.90 Å². The van der Waals surface area contributed by atoms with Crippen LogP contribution in [0.15, 0.2) is 54.6 Å². The number of hydrogen-bond donors (Lipinski definition) is 1. The van der Waals surface area contributed by atoms with Crippen molar-refractivity contribution in [2.24, 2.45) is 0 Å². The molecule has 0 aliphatic rings. The molecule has 22 heavy (non-hydrogen) atoms. The average molecular weight is 296 g/mol. The van der Waals surface area contributed by atoms with E-state index in [9.17, 15) is 4.79 Å². The first kappa shape index (κ1) is 16.1. The molecule has 3 heteroatoms. The molecule has 0 saturated carbocycles. The molecule has 0 atom stereocenters. The summed E-state index contributed by atoms with van der Waals surface area (Å²) in [5.41, 5.74) is 9.02.